The lowest BCUT2D eigenvalue weighted by Gasteiger charge is -2.26. The van der Waals surface area contributed by atoms with Gasteiger partial charge in [0.05, 0.1) is 0 Å². The molecule has 1 aliphatic carbocycles. The zero-order valence-corrected chi connectivity index (χ0v) is 8.56. The molecule has 2 rings (SSSR count). The van der Waals surface area contributed by atoms with E-state index in [4.69, 9.17) is 10.8 Å². The van der Waals surface area contributed by atoms with E-state index >= 15 is 0 Å². The number of nitrogens with zero attached hydrogens (tertiary/aromatic N) is 1. The van der Waals surface area contributed by atoms with Gasteiger partial charge in [-0.05, 0) is 25.2 Å². The van der Waals surface area contributed by atoms with Crippen LogP contribution >= 0.6 is 0 Å². The molecule has 3 atom stereocenters. The van der Waals surface area contributed by atoms with Gasteiger partial charge in [0, 0.05) is 19.0 Å². The van der Waals surface area contributed by atoms with Gasteiger partial charge in [-0.3, -0.25) is 9.59 Å². The van der Waals surface area contributed by atoms with Gasteiger partial charge in [-0.1, -0.05) is 0 Å². The topological polar surface area (TPSA) is 83.6 Å². The molecule has 1 saturated heterocycles. The van der Waals surface area contributed by atoms with Crippen molar-refractivity contribution in [1.29, 1.82) is 0 Å². The van der Waals surface area contributed by atoms with Gasteiger partial charge >= 0.3 is 5.97 Å². The molecule has 15 heavy (non-hydrogen) atoms. The number of carboxylic acid groups (broad SMARTS) is 1. The molecular formula is C10H16N2O3. The van der Waals surface area contributed by atoms with E-state index < -0.39 is 12.0 Å². The van der Waals surface area contributed by atoms with Crippen LogP contribution in [0.15, 0.2) is 0 Å². The largest absolute Gasteiger partial charge is 0.480 e. The normalized spacial score (nSPS) is 31.0. The number of hydrogen-bond donors (Lipinski definition) is 2. The van der Waals surface area contributed by atoms with E-state index in [0.29, 0.717) is 18.9 Å². The molecule has 0 aromatic rings. The number of carbonyl (C=O) groups excluding carboxylic acids is 1. The summed E-state index contributed by atoms with van der Waals surface area (Å²) >= 11 is 0. The van der Waals surface area contributed by atoms with Crippen LogP contribution < -0.4 is 5.73 Å². The Morgan fingerprint density at radius 2 is 2.40 bits per heavy atom. The van der Waals surface area contributed by atoms with Gasteiger partial charge in [-0.15, -0.1) is 0 Å². The van der Waals surface area contributed by atoms with Gasteiger partial charge in [-0.2, -0.15) is 0 Å². The summed E-state index contributed by atoms with van der Waals surface area (Å²) in [6, 6.07) is -0.852. The smallest absolute Gasteiger partial charge is 0.320 e. The molecule has 0 spiro atoms. The zero-order valence-electron chi connectivity index (χ0n) is 8.56. The Bertz CT molecular complexity index is 292. The lowest BCUT2D eigenvalue weighted by atomic mass is 10.1. The Hall–Kier alpha value is -1.10. The Morgan fingerprint density at radius 1 is 1.67 bits per heavy atom. The molecule has 3 N–H and O–H groups in total. The van der Waals surface area contributed by atoms with Crippen molar-refractivity contribution in [3.05, 3.63) is 0 Å². The number of piperidine rings is 1. The minimum absolute atomic E-state index is 0.198. The van der Waals surface area contributed by atoms with Gasteiger partial charge in [-0.25, -0.2) is 0 Å². The summed E-state index contributed by atoms with van der Waals surface area (Å²) in [5.41, 5.74) is 5.39. The van der Waals surface area contributed by atoms with Crippen LogP contribution in [0, 0.1) is 11.8 Å². The van der Waals surface area contributed by atoms with E-state index in [9.17, 15) is 9.59 Å². The first-order valence-electron chi connectivity index (χ1n) is 5.36. The average molecular weight is 212 g/mol. The molecule has 1 saturated carbocycles. The van der Waals surface area contributed by atoms with Crippen molar-refractivity contribution < 1.29 is 14.7 Å². The van der Waals surface area contributed by atoms with Crippen LogP contribution in [0.3, 0.4) is 0 Å². The number of amides is 1. The minimum atomic E-state index is -0.997. The summed E-state index contributed by atoms with van der Waals surface area (Å²) in [6.07, 6.45) is 2.44. The average Bonchev–Trinajstić information content (AvgIpc) is 2.96. The third-order valence-electron chi connectivity index (χ3n) is 3.35. The number of hydrogen-bond acceptors (Lipinski definition) is 3. The highest BCUT2D eigenvalue weighted by atomic mass is 16.4. The SMILES string of the molecule is NC(CCN1CCC2CC2C1=O)C(=O)O. The molecule has 5 nitrogen and oxygen atoms in total. The first kappa shape index (κ1) is 10.4. The Labute approximate surface area is 88.2 Å². The quantitative estimate of drug-likeness (QED) is 0.667. The fourth-order valence-corrected chi connectivity index (χ4v) is 2.18. The lowest BCUT2D eigenvalue weighted by Crippen LogP contribution is -2.41. The summed E-state index contributed by atoms with van der Waals surface area (Å²) in [6.45, 7) is 1.25. The predicted octanol–water partition coefficient (Wildman–Crippen LogP) is -0.343. The van der Waals surface area contributed by atoms with E-state index in [-0.39, 0.29) is 11.8 Å². The monoisotopic (exact) mass is 212 g/mol. The van der Waals surface area contributed by atoms with Crippen molar-refractivity contribution in [2.75, 3.05) is 13.1 Å². The van der Waals surface area contributed by atoms with Crippen molar-refractivity contribution in [3.8, 4) is 0 Å². The summed E-state index contributed by atoms with van der Waals surface area (Å²) < 4.78 is 0. The molecule has 0 aromatic heterocycles. The number of aliphatic carboxylic acids is 1. The number of likely N-dealkylation sites (tertiary alicyclic amines) is 1. The second kappa shape index (κ2) is 3.81. The van der Waals surface area contributed by atoms with Crippen molar-refractivity contribution in [2.45, 2.75) is 25.3 Å². The Balaban J connectivity index is 1.79. The van der Waals surface area contributed by atoms with Crippen molar-refractivity contribution in [1.82, 2.24) is 4.90 Å². The van der Waals surface area contributed by atoms with Gasteiger partial charge < -0.3 is 15.7 Å². The standard InChI is InChI=1S/C10H16N2O3/c11-8(10(14)15)2-4-12-3-1-6-5-7(6)9(12)13/h6-8H,1-5,11H2,(H,14,15). The minimum Gasteiger partial charge on any atom is -0.480 e. The fourth-order valence-electron chi connectivity index (χ4n) is 2.18. The zero-order chi connectivity index (χ0) is 11.0. The number of nitrogens with two attached hydrogens (primary N) is 1. The van der Waals surface area contributed by atoms with E-state index in [2.05, 4.69) is 0 Å². The maximum Gasteiger partial charge on any atom is 0.320 e. The molecule has 84 valence electrons. The molecule has 5 heteroatoms. The number of fused-ring (bicyclic) bond motifs is 1. The molecular weight excluding hydrogens is 196 g/mol. The molecule has 3 unspecified atom stereocenters. The first-order chi connectivity index (χ1) is 7.09. The highest BCUT2D eigenvalue weighted by Crippen LogP contribution is 2.45. The first-order valence-corrected chi connectivity index (χ1v) is 5.36. The van der Waals surface area contributed by atoms with E-state index in [1.807, 2.05) is 0 Å². The van der Waals surface area contributed by atoms with Crippen LogP contribution in [0.5, 0.6) is 0 Å². The molecule has 0 bridgehead atoms. The Morgan fingerprint density at radius 3 is 3.07 bits per heavy atom. The lowest BCUT2D eigenvalue weighted by molar-refractivity contribution is -0.140. The summed E-state index contributed by atoms with van der Waals surface area (Å²) in [7, 11) is 0. The van der Waals surface area contributed by atoms with Gasteiger partial charge in [0.2, 0.25) is 5.91 Å². The van der Waals surface area contributed by atoms with Crippen LogP contribution in [0.1, 0.15) is 19.3 Å². The Kier molecular flexibility index (Phi) is 2.65. The second-order valence-electron chi connectivity index (χ2n) is 4.45. The summed E-state index contributed by atoms with van der Waals surface area (Å²) in [4.78, 5) is 23.9. The van der Waals surface area contributed by atoms with Gasteiger partial charge in [0.15, 0.2) is 0 Å². The molecule has 2 aliphatic rings. The van der Waals surface area contributed by atoms with Crippen LogP contribution in [-0.4, -0.2) is 41.0 Å². The molecule has 1 aliphatic heterocycles. The van der Waals surface area contributed by atoms with Crippen molar-refractivity contribution in [3.63, 3.8) is 0 Å². The van der Waals surface area contributed by atoms with Crippen LogP contribution in [0.25, 0.3) is 0 Å². The molecule has 1 heterocycles. The van der Waals surface area contributed by atoms with Crippen molar-refractivity contribution in [2.24, 2.45) is 17.6 Å². The van der Waals surface area contributed by atoms with E-state index in [1.54, 1.807) is 4.90 Å². The van der Waals surface area contributed by atoms with Crippen LogP contribution in [-0.2, 0) is 9.59 Å². The van der Waals surface area contributed by atoms with Gasteiger partial charge in [0.25, 0.3) is 0 Å². The maximum absolute atomic E-state index is 11.7. The summed E-state index contributed by atoms with van der Waals surface area (Å²) in [5, 5.41) is 8.61. The van der Waals surface area contributed by atoms with Crippen LogP contribution in [0.2, 0.25) is 0 Å². The molecule has 2 fully saturated rings. The third kappa shape index (κ3) is 2.12. The predicted molar refractivity (Wildman–Crippen MR) is 53.0 cm³/mol. The van der Waals surface area contributed by atoms with Crippen LogP contribution in [0.4, 0.5) is 0 Å². The van der Waals surface area contributed by atoms with Gasteiger partial charge in [0.1, 0.15) is 6.04 Å². The molecule has 0 aromatic carbocycles. The number of carbonyl (C=O) groups is 2. The molecule has 0 radical (unpaired) electrons. The highest BCUT2D eigenvalue weighted by molar-refractivity contribution is 5.82. The van der Waals surface area contributed by atoms with E-state index in [1.165, 1.54) is 0 Å². The third-order valence-corrected chi connectivity index (χ3v) is 3.35. The van der Waals surface area contributed by atoms with Crippen molar-refractivity contribution >= 4 is 11.9 Å². The second-order valence-corrected chi connectivity index (χ2v) is 4.45. The van der Waals surface area contributed by atoms with E-state index in [0.717, 1.165) is 19.4 Å². The summed E-state index contributed by atoms with van der Waals surface area (Å²) in [5.74, 6) is 0.0503. The number of carboxylic acids is 1. The highest BCUT2D eigenvalue weighted by Gasteiger charge is 2.47. The molecule has 1 amide bonds. The maximum atomic E-state index is 11.7. The fraction of sp³-hybridized carbons (Fsp3) is 0.800. The number of rotatable bonds is 4.